The summed E-state index contributed by atoms with van der Waals surface area (Å²) in [7, 11) is 1.74. The van der Waals surface area contributed by atoms with Crippen LogP contribution in [0.1, 0.15) is 17.5 Å². The van der Waals surface area contributed by atoms with Crippen molar-refractivity contribution >= 4 is 37.8 Å². The summed E-state index contributed by atoms with van der Waals surface area (Å²) in [6.45, 7) is 2.04. The molecule has 5 nitrogen and oxygen atoms in total. The van der Waals surface area contributed by atoms with Gasteiger partial charge in [0.1, 0.15) is 0 Å². The third kappa shape index (κ3) is 3.03. The largest absolute Gasteiger partial charge is 0.460 e. The van der Waals surface area contributed by atoms with Gasteiger partial charge in [-0.05, 0) is 41.1 Å². The standard InChI is InChI=1S/C12H11Br2N3O2/c1-3-19-12(18)10-15-11(17(2)16-10)8-5-4-7(13)6-9(8)14/h4-6H,3H2,1-2H3. The van der Waals surface area contributed by atoms with E-state index in [0.717, 1.165) is 14.5 Å². The van der Waals surface area contributed by atoms with Gasteiger partial charge in [0.2, 0.25) is 0 Å². The molecular formula is C12H11Br2N3O2. The van der Waals surface area contributed by atoms with E-state index in [9.17, 15) is 4.79 Å². The fraction of sp³-hybridized carbons (Fsp3) is 0.250. The summed E-state index contributed by atoms with van der Waals surface area (Å²) in [5.41, 5.74) is 0.855. The Morgan fingerprint density at radius 2 is 2.16 bits per heavy atom. The van der Waals surface area contributed by atoms with E-state index >= 15 is 0 Å². The van der Waals surface area contributed by atoms with E-state index in [4.69, 9.17) is 4.74 Å². The Morgan fingerprint density at radius 1 is 1.42 bits per heavy atom. The second-order valence-electron chi connectivity index (χ2n) is 3.73. The monoisotopic (exact) mass is 387 g/mol. The van der Waals surface area contributed by atoms with Gasteiger partial charge in [-0.2, -0.15) is 0 Å². The summed E-state index contributed by atoms with van der Waals surface area (Å²) in [6, 6.07) is 5.71. The van der Waals surface area contributed by atoms with E-state index in [2.05, 4.69) is 41.9 Å². The second-order valence-corrected chi connectivity index (χ2v) is 5.50. The molecule has 0 bridgehead atoms. The summed E-state index contributed by atoms with van der Waals surface area (Å²) in [4.78, 5) is 15.8. The highest BCUT2D eigenvalue weighted by Gasteiger charge is 2.18. The average Bonchev–Trinajstić information content (AvgIpc) is 2.72. The molecule has 1 aromatic heterocycles. The first-order valence-electron chi connectivity index (χ1n) is 5.56. The van der Waals surface area contributed by atoms with E-state index in [1.165, 1.54) is 0 Å². The number of ether oxygens (including phenoxy) is 1. The van der Waals surface area contributed by atoms with Crippen molar-refractivity contribution in [2.45, 2.75) is 6.92 Å². The summed E-state index contributed by atoms with van der Waals surface area (Å²) in [6.07, 6.45) is 0. The lowest BCUT2D eigenvalue weighted by atomic mass is 10.2. The summed E-state index contributed by atoms with van der Waals surface area (Å²) in [5.74, 6) is 0.147. The molecule has 0 N–H and O–H groups in total. The van der Waals surface area contributed by atoms with Crippen molar-refractivity contribution in [3.05, 3.63) is 33.0 Å². The Balaban J connectivity index is 2.43. The topological polar surface area (TPSA) is 57.0 Å². The molecule has 19 heavy (non-hydrogen) atoms. The number of carbonyl (C=O) groups excluding carboxylic acids is 1. The number of nitrogens with zero attached hydrogens (tertiary/aromatic N) is 3. The quantitative estimate of drug-likeness (QED) is 0.757. The molecule has 0 saturated carbocycles. The Kier molecular flexibility index (Phi) is 4.36. The zero-order valence-corrected chi connectivity index (χ0v) is 13.5. The third-order valence-corrected chi connectivity index (χ3v) is 3.54. The van der Waals surface area contributed by atoms with Crippen molar-refractivity contribution in [3.63, 3.8) is 0 Å². The molecule has 0 spiro atoms. The van der Waals surface area contributed by atoms with Crippen molar-refractivity contribution in [3.8, 4) is 11.4 Å². The highest BCUT2D eigenvalue weighted by molar-refractivity contribution is 9.11. The molecule has 0 amide bonds. The maximum Gasteiger partial charge on any atom is 0.378 e. The third-order valence-electron chi connectivity index (χ3n) is 2.39. The van der Waals surface area contributed by atoms with E-state index < -0.39 is 5.97 Å². The van der Waals surface area contributed by atoms with Crippen LogP contribution < -0.4 is 0 Å². The molecule has 1 aromatic carbocycles. The molecule has 2 rings (SSSR count). The van der Waals surface area contributed by atoms with Crippen molar-refractivity contribution in [2.75, 3.05) is 6.61 Å². The highest BCUT2D eigenvalue weighted by atomic mass is 79.9. The van der Waals surface area contributed by atoms with Crippen LogP contribution in [-0.2, 0) is 11.8 Å². The predicted molar refractivity (Wildman–Crippen MR) is 77.8 cm³/mol. The van der Waals surface area contributed by atoms with Gasteiger partial charge >= 0.3 is 5.97 Å². The molecular weight excluding hydrogens is 378 g/mol. The Bertz CT molecular complexity index is 625. The van der Waals surface area contributed by atoms with Crippen LogP contribution in [0.15, 0.2) is 27.1 Å². The van der Waals surface area contributed by atoms with Crippen molar-refractivity contribution in [1.29, 1.82) is 0 Å². The fourth-order valence-electron chi connectivity index (χ4n) is 1.57. The Hall–Kier alpha value is -1.21. The van der Waals surface area contributed by atoms with Crippen LogP contribution in [0.25, 0.3) is 11.4 Å². The second kappa shape index (κ2) is 5.83. The normalized spacial score (nSPS) is 10.5. The molecule has 2 aromatic rings. The van der Waals surface area contributed by atoms with Gasteiger partial charge in [-0.15, -0.1) is 5.10 Å². The molecule has 0 fully saturated rings. The first kappa shape index (κ1) is 14.2. The minimum Gasteiger partial charge on any atom is -0.460 e. The van der Waals surface area contributed by atoms with Crippen LogP contribution in [0.4, 0.5) is 0 Å². The zero-order valence-electron chi connectivity index (χ0n) is 10.4. The van der Waals surface area contributed by atoms with Crippen molar-refractivity contribution in [1.82, 2.24) is 14.8 Å². The number of rotatable bonds is 3. The Morgan fingerprint density at radius 3 is 2.79 bits per heavy atom. The van der Waals surface area contributed by atoms with E-state index in [1.54, 1.807) is 18.7 Å². The maximum absolute atomic E-state index is 11.6. The molecule has 0 aliphatic heterocycles. The van der Waals surface area contributed by atoms with Crippen LogP contribution in [0.5, 0.6) is 0 Å². The molecule has 0 aliphatic carbocycles. The first-order chi connectivity index (χ1) is 9.02. The Labute approximate surface area is 127 Å². The number of hydrogen-bond acceptors (Lipinski definition) is 4. The molecule has 0 unspecified atom stereocenters. The number of aryl methyl sites for hydroxylation is 1. The van der Waals surface area contributed by atoms with Gasteiger partial charge in [-0.3, -0.25) is 0 Å². The van der Waals surface area contributed by atoms with E-state index in [-0.39, 0.29) is 5.82 Å². The summed E-state index contributed by atoms with van der Waals surface area (Å²) in [5, 5.41) is 4.07. The number of hydrogen-bond donors (Lipinski definition) is 0. The average molecular weight is 389 g/mol. The molecule has 100 valence electrons. The van der Waals surface area contributed by atoms with Gasteiger partial charge in [-0.1, -0.05) is 15.9 Å². The van der Waals surface area contributed by atoms with Crippen LogP contribution in [0, 0.1) is 0 Å². The SMILES string of the molecule is CCOC(=O)c1nc(-c2ccc(Br)cc2Br)n(C)n1. The van der Waals surface area contributed by atoms with Gasteiger partial charge in [-0.25, -0.2) is 14.5 Å². The van der Waals surface area contributed by atoms with Gasteiger partial charge in [0.15, 0.2) is 5.82 Å². The summed E-state index contributed by atoms with van der Waals surface area (Å²) < 4.78 is 8.26. The molecule has 1 heterocycles. The molecule has 0 radical (unpaired) electrons. The van der Waals surface area contributed by atoms with Crippen molar-refractivity contribution < 1.29 is 9.53 Å². The lowest BCUT2D eigenvalue weighted by Crippen LogP contribution is -2.07. The molecule has 0 saturated heterocycles. The number of aromatic nitrogens is 3. The molecule has 7 heteroatoms. The van der Waals surface area contributed by atoms with Crippen LogP contribution in [0.3, 0.4) is 0 Å². The lowest BCUT2D eigenvalue weighted by Gasteiger charge is -2.03. The van der Waals surface area contributed by atoms with Crippen molar-refractivity contribution in [2.24, 2.45) is 7.05 Å². The molecule has 0 atom stereocenters. The van der Waals surface area contributed by atoms with Crippen LogP contribution >= 0.6 is 31.9 Å². The smallest absolute Gasteiger partial charge is 0.378 e. The van der Waals surface area contributed by atoms with Crippen LogP contribution in [-0.4, -0.2) is 27.3 Å². The zero-order chi connectivity index (χ0) is 14.0. The van der Waals surface area contributed by atoms with Crippen LogP contribution in [0.2, 0.25) is 0 Å². The highest BCUT2D eigenvalue weighted by Crippen LogP contribution is 2.29. The molecule has 0 aliphatic rings. The number of halogens is 2. The predicted octanol–water partition coefficient (Wildman–Crippen LogP) is 3.18. The minimum atomic E-state index is -0.516. The van der Waals surface area contributed by atoms with Gasteiger partial charge in [0.05, 0.1) is 6.61 Å². The maximum atomic E-state index is 11.6. The number of carbonyl (C=O) groups is 1. The van der Waals surface area contributed by atoms with E-state index in [1.807, 2.05) is 18.2 Å². The number of esters is 1. The van der Waals surface area contributed by atoms with E-state index in [0.29, 0.717) is 12.4 Å². The lowest BCUT2D eigenvalue weighted by molar-refractivity contribution is 0.0512. The summed E-state index contributed by atoms with van der Waals surface area (Å²) >= 11 is 6.86. The first-order valence-corrected chi connectivity index (χ1v) is 7.15. The number of benzene rings is 1. The van der Waals surface area contributed by atoms with Gasteiger partial charge in [0, 0.05) is 21.6 Å². The van der Waals surface area contributed by atoms with Gasteiger partial charge in [0.25, 0.3) is 5.82 Å². The fourth-order valence-corrected chi connectivity index (χ4v) is 2.80. The van der Waals surface area contributed by atoms with Gasteiger partial charge < -0.3 is 4.74 Å². The minimum absolute atomic E-state index is 0.0640.